The number of carbonyl (C=O) groups is 2. The Morgan fingerprint density at radius 1 is 0.500 bits per heavy atom. The molecule has 0 atom stereocenters. The van der Waals surface area contributed by atoms with Crippen molar-refractivity contribution in [2.24, 2.45) is 0 Å². The molecule has 0 saturated heterocycles. The quantitative estimate of drug-likeness (QED) is 0.209. The van der Waals surface area contributed by atoms with Crippen molar-refractivity contribution in [1.29, 1.82) is 0 Å². The summed E-state index contributed by atoms with van der Waals surface area (Å²) in [6.45, 7) is 0. The summed E-state index contributed by atoms with van der Waals surface area (Å²) in [5, 5.41) is 9.75. The van der Waals surface area contributed by atoms with E-state index in [-0.39, 0.29) is 11.8 Å². The monoisotopic (exact) mass is 552 g/mol. The summed E-state index contributed by atoms with van der Waals surface area (Å²) in [6.07, 6.45) is 0. The van der Waals surface area contributed by atoms with E-state index < -0.39 is 0 Å². The second-order valence-corrected chi connectivity index (χ2v) is 9.79. The first-order valence-corrected chi connectivity index (χ1v) is 13.5. The number of ether oxygens (including phenoxy) is 2. The molecule has 0 unspecified atom stereocenters. The largest absolute Gasteiger partial charge is 0.495 e. The lowest BCUT2D eigenvalue weighted by Crippen LogP contribution is -2.13. The Bertz CT molecular complexity index is 1810. The molecule has 0 aliphatic rings. The van der Waals surface area contributed by atoms with Gasteiger partial charge in [0, 0.05) is 11.1 Å². The van der Waals surface area contributed by atoms with Crippen LogP contribution in [0, 0.1) is 0 Å². The number of benzene rings is 6. The van der Waals surface area contributed by atoms with E-state index in [4.69, 9.17) is 9.47 Å². The fraction of sp³-hybridized carbons (Fsp3) is 0.0556. The average molecular weight is 553 g/mol. The van der Waals surface area contributed by atoms with E-state index >= 15 is 0 Å². The zero-order chi connectivity index (χ0) is 29.1. The molecule has 0 aromatic heterocycles. The number of carbonyl (C=O) groups excluding carboxylic acids is 2. The molecule has 42 heavy (non-hydrogen) atoms. The fourth-order valence-electron chi connectivity index (χ4n) is 5.17. The predicted octanol–water partition coefficient (Wildman–Crippen LogP) is 8.18. The first kappa shape index (κ1) is 26.6. The number of fused-ring (bicyclic) bond motifs is 2. The first-order valence-electron chi connectivity index (χ1n) is 13.5. The van der Waals surface area contributed by atoms with Crippen molar-refractivity contribution >= 4 is 44.7 Å². The number of hydrogen-bond donors (Lipinski definition) is 2. The van der Waals surface area contributed by atoms with Gasteiger partial charge in [-0.15, -0.1) is 0 Å². The van der Waals surface area contributed by atoms with Crippen LogP contribution in [0.25, 0.3) is 32.7 Å². The first-order chi connectivity index (χ1) is 20.6. The summed E-state index contributed by atoms with van der Waals surface area (Å²) < 4.78 is 11.3. The highest BCUT2D eigenvalue weighted by atomic mass is 16.5. The second kappa shape index (κ2) is 11.5. The molecule has 0 aliphatic carbocycles. The Labute approximate surface area is 243 Å². The van der Waals surface area contributed by atoms with Crippen LogP contribution in [-0.4, -0.2) is 26.0 Å². The van der Waals surface area contributed by atoms with E-state index in [1.165, 1.54) is 0 Å². The molecule has 6 aromatic carbocycles. The Morgan fingerprint density at radius 2 is 0.905 bits per heavy atom. The van der Waals surface area contributed by atoms with E-state index in [0.717, 1.165) is 32.7 Å². The van der Waals surface area contributed by atoms with Gasteiger partial charge < -0.3 is 20.1 Å². The summed E-state index contributed by atoms with van der Waals surface area (Å²) in [7, 11) is 3.14. The van der Waals surface area contributed by atoms with Crippen molar-refractivity contribution in [1.82, 2.24) is 0 Å². The number of rotatable bonds is 7. The highest BCUT2D eigenvalue weighted by Crippen LogP contribution is 2.36. The van der Waals surface area contributed by atoms with Crippen molar-refractivity contribution < 1.29 is 19.1 Å². The third-order valence-electron chi connectivity index (χ3n) is 7.30. The molecule has 0 radical (unpaired) electrons. The van der Waals surface area contributed by atoms with Crippen molar-refractivity contribution in [2.45, 2.75) is 0 Å². The molecule has 6 aromatic rings. The van der Waals surface area contributed by atoms with Crippen LogP contribution < -0.4 is 20.1 Å². The minimum absolute atomic E-state index is 0.217. The van der Waals surface area contributed by atoms with Crippen LogP contribution in [0.3, 0.4) is 0 Å². The zero-order valence-electron chi connectivity index (χ0n) is 23.2. The summed E-state index contributed by atoms with van der Waals surface area (Å²) in [6, 6.07) is 38.1. The average Bonchev–Trinajstić information content (AvgIpc) is 3.04. The molecule has 6 rings (SSSR count). The van der Waals surface area contributed by atoms with Gasteiger partial charge in [0.25, 0.3) is 11.8 Å². The molecule has 0 heterocycles. The summed E-state index contributed by atoms with van der Waals surface area (Å²) in [5.41, 5.74) is 4.02. The maximum absolute atomic E-state index is 13.2. The molecule has 0 aliphatic heterocycles. The van der Waals surface area contributed by atoms with E-state index in [9.17, 15) is 9.59 Å². The van der Waals surface area contributed by atoms with Crippen molar-refractivity contribution in [3.05, 3.63) is 132 Å². The summed E-state index contributed by atoms with van der Waals surface area (Å²) >= 11 is 0. The minimum atomic E-state index is -0.217. The van der Waals surface area contributed by atoms with Crippen LogP contribution in [0.1, 0.15) is 20.7 Å². The van der Waals surface area contributed by atoms with Crippen molar-refractivity contribution in [2.75, 3.05) is 24.9 Å². The highest BCUT2D eigenvalue weighted by molar-refractivity contribution is 6.14. The number of nitrogens with one attached hydrogen (secondary N) is 2. The molecule has 6 heteroatoms. The van der Waals surface area contributed by atoms with Gasteiger partial charge in [-0.2, -0.15) is 0 Å². The zero-order valence-corrected chi connectivity index (χ0v) is 23.2. The van der Waals surface area contributed by atoms with Crippen LogP contribution in [0.4, 0.5) is 11.4 Å². The van der Waals surface area contributed by atoms with E-state index in [1.54, 1.807) is 14.2 Å². The van der Waals surface area contributed by atoms with Gasteiger partial charge in [-0.3, -0.25) is 9.59 Å². The SMILES string of the molecule is COc1cc(-c2ccc(NC(=O)c3cccc4ccccc34)c(OC)c2)ccc1NC(=O)c1cccc2ccccc12. The topological polar surface area (TPSA) is 76.7 Å². The van der Waals surface area contributed by atoms with E-state index in [1.807, 2.05) is 121 Å². The minimum Gasteiger partial charge on any atom is -0.495 e. The van der Waals surface area contributed by atoms with Gasteiger partial charge >= 0.3 is 0 Å². The summed E-state index contributed by atoms with van der Waals surface area (Å²) in [4.78, 5) is 26.4. The predicted molar refractivity (Wildman–Crippen MR) is 169 cm³/mol. The molecule has 0 fully saturated rings. The van der Waals surface area contributed by atoms with Gasteiger partial charge in [0.2, 0.25) is 0 Å². The molecule has 2 amide bonds. The second-order valence-electron chi connectivity index (χ2n) is 9.79. The van der Waals surface area contributed by atoms with E-state index in [2.05, 4.69) is 10.6 Å². The standard InChI is InChI=1S/C36H28N2O4/c1-41-33-21-25(17-19-31(33)37-35(39)29-15-7-11-23-9-3-5-13-27(23)29)26-18-20-32(34(22-26)42-2)38-36(40)30-16-8-12-24-10-4-6-14-28(24)30/h3-22H,1-2H3,(H,37,39)(H,38,40). The maximum atomic E-state index is 13.2. The maximum Gasteiger partial charge on any atom is 0.256 e. The van der Waals surface area contributed by atoms with Crippen LogP contribution >= 0.6 is 0 Å². The Hall–Kier alpha value is -5.62. The lowest BCUT2D eigenvalue weighted by Gasteiger charge is -2.15. The lowest BCUT2D eigenvalue weighted by atomic mass is 10.0. The molecule has 2 N–H and O–H groups in total. The molecule has 206 valence electrons. The van der Waals surface area contributed by atoms with Crippen LogP contribution in [-0.2, 0) is 0 Å². The normalized spacial score (nSPS) is 10.8. The van der Waals surface area contributed by atoms with Crippen molar-refractivity contribution in [3.8, 4) is 22.6 Å². The number of hydrogen-bond acceptors (Lipinski definition) is 4. The third-order valence-corrected chi connectivity index (χ3v) is 7.30. The smallest absolute Gasteiger partial charge is 0.256 e. The Morgan fingerprint density at radius 3 is 1.33 bits per heavy atom. The molecule has 0 spiro atoms. The van der Waals surface area contributed by atoms with Gasteiger partial charge in [0.1, 0.15) is 11.5 Å². The number of methoxy groups -OCH3 is 2. The van der Waals surface area contributed by atoms with Gasteiger partial charge in [-0.25, -0.2) is 0 Å². The highest BCUT2D eigenvalue weighted by Gasteiger charge is 2.16. The van der Waals surface area contributed by atoms with Crippen LogP contribution in [0.5, 0.6) is 11.5 Å². The van der Waals surface area contributed by atoms with Crippen LogP contribution in [0.15, 0.2) is 121 Å². The van der Waals surface area contributed by atoms with Gasteiger partial charge in [0.15, 0.2) is 0 Å². The Kier molecular flexibility index (Phi) is 7.26. The molecule has 6 nitrogen and oxygen atoms in total. The number of anilines is 2. The molecule has 0 bridgehead atoms. The van der Waals surface area contributed by atoms with E-state index in [0.29, 0.717) is 34.0 Å². The number of amides is 2. The van der Waals surface area contributed by atoms with Crippen molar-refractivity contribution in [3.63, 3.8) is 0 Å². The summed E-state index contributed by atoms with van der Waals surface area (Å²) in [5.74, 6) is 0.610. The van der Waals surface area contributed by atoms with Gasteiger partial charge in [-0.1, -0.05) is 84.9 Å². The third kappa shape index (κ3) is 5.13. The molecular weight excluding hydrogens is 524 g/mol. The molecule has 0 saturated carbocycles. The lowest BCUT2D eigenvalue weighted by molar-refractivity contribution is 0.102. The van der Waals surface area contributed by atoms with Gasteiger partial charge in [0.05, 0.1) is 25.6 Å². The van der Waals surface area contributed by atoms with Crippen LogP contribution in [0.2, 0.25) is 0 Å². The Balaban J connectivity index is 1.25. The molecular formula is C36H28N2O4. The van der Waals surface area contributed by atoms with Gasteiger partial charge in [-0.05, 0) is 69.1 Å². The fourth-order valence-corrected chi connectivity index (χ4v) is 5.17.